The number of carbonyl (C=O) groups is 1. The first-order valence-electron chi connectivity index (χ1n) is 6.87. The number of rotatable bonds is 5. The average Bonchev–Trinajstić information content (AvgIpc) is 2.79. The number of anilines is 1. The van der Waals surface area contributed by atoms with Crippen LogP contribution in [0.2, 0.25) is 0 Å². The van der Waals surface area contributed by atoms with Crippen LogP contribution in [0, 0.1) is 5.92 Å². The summed E-state index contributed by atoms with van der Waals surface area (Å²) in [5, 5.41) is 0. The molecule has 1 atom stereocenters. The third-order valence-corrected chi connectivity index (χ3v) is 3.41. The Balaban J connectivity index is 2.62. The standard InChI is InChI=1S/C15H21N3O3/c1-9(2)8-11(14(19)21-4)18-10-6-5-7-12(20-3)13(10)17-15(18)16/h5-7,9,11H,8H2,1-4H3,(H2,16,17). The molecule has 0 aliphatic carbocycles. The number of imidazole rings is 1. The summed E-state index contributed by atoms with van der Waals surface area (Å²) in [6, 6.07) is 5.04. The monoisotopic (exact) mass is 291 g/mol. The smallest absolute Gasteiger partial charge is 0.328 e. The van der Waals surface area contributed by atoms with E-state index in [9.17, 15) is 4.79 Å². The summed E-state index contributed by atoms with van der Waals surface area (Å²) in [5.41, 5.74) is 7.45. The number of fused-ring (bicyclic) bond motifs is 1. The van der Waals surface area contributed by atoms with E-state index in [1.54, 1.807) is 11.7 Å². The quantitative estimate of drug-likeness (QED) is 0.856. The zero-order chi connectivity index (χ0) is 15.6. The summed E-state index contributed by atoms with van der Waals surface area (Å²) < 4.78 is 11.9. The van der Waals surface area contributed by atoms with Crippen molar-refractivity contribution in [2.75, 3.05) is 20.0 Å². The van der Waals surface area contributed by atoms with Gasteiger partial charge in [-0.1, -0.05) is 19.9 Å². The highest BCUT2D eigenvalue weighted by Gasteiger charge is 2.27. The first-order valence-corrected chi connectivity index (χ1v) is 6.87. The molecule has 0 fully saturated rings. The molecule has 1 unspecified atom stereocenters. The maximum absolute atomic E-state index is 12.1. The van der Waals surface area contributed by atoms with Gasteiger partial charge in [-0.15, -0.1) is 0 Å². The van der Waals surface area contributed by atoms with E-state index in [0.29, 0.717) is 23.6 Å². The van der Waals surface area contributed by atoms with Crippen LogP contribution in [0.5, 0.6) is 5.75 Å². The number of benzene rings is 1. The molecule has 6 heteroatoms. The second kappa shape index (κ2) is 6.03. The molecule has 0 spiro atoms. The van der Waals surface area contributed by atoms with Gasteiger partial charge in [-0.25, -0.2) is 9.78 Å². The fourth-order valence-electron chi connectivity index (χ4n) is 2.49. The van der Waals surface area contributed by atoms with Gasteiger partial charge in [0.05, 0.1) is 19.7 Å². The van der Waals surface area contributed by atoms with Crippen LogP contribution in [0.1, 0.15) is 26.3 Å². The largest absolute Gasteiger partial charge is 0.494 e. The first-order chi connectivity index (χ1) is 9.99. The predicted molar refractivity (Wildman–Crippen MR) is 81.2 cm³/mol. The number of nitrogens with two attached hydrogens (primary N) is 1. The lowest BCUT2D eigenvalue weighted by Gasteiger charge is -2.20. The highest BCUT2D eigenvalue weighted by Crippen LogP contribution is 2.32. The van der Waals surface area contributed by atoms with E-state index in [1.165, 1.54) is 7.11 Å². The van der Waals surface area contributed by atoms with Gasteiger partial charge in [0.15, 0.2) is 0 Å². The number of methoxy groups -OCH3 is 2. The molecule has 0 bridgehead atoms. The average molecular weight is 291 g/mol. The van der Waals surface area contributed by atoms with Gasteiger partial charge < -0.3 is 15.2 Å². The van der Waals surface area contributed by atoms with Crippen LogP contribution in [-0.4, -0.2) is 29.7 Å². The molecule has 2 N–H and O–H groups in total. The number of hydrogen-bond acceptors (Lipinski definition) is 5. The van der Waals surface area contributed by atoms with Gasteiger partial charge in [0.1, 0.15) is 17.3 Å². The van der Waals surface area contributed by atoms with Gasteiger partial charge in [-0.3, -0.25) is 4.57 Å². The molecule has 21 heavy (non-hydrogen) atoms. The van der Waals surface area contributed by atoms with Crippen molar-refractivity contribution in [3.05, 3.63) is 18.2 Å². The molecule has 1 aromatic carbocycles. The number of nitrogen functional groups attached to an aromatic ring is 1. The number of hydrogen-bond donors (Lipinski definition) is 1. The zero-order valence-electron chi connectivity index (χ0n) is 12.8. The van der Waals surface area contributed by atoms with Crippen LogP contribution < -0.4 is 10.5 Å². The molecule has 2 aromatic rings. The number of carbonyl (C=O) groups excluding carboxylic acids is 1. The molecule has 0 aliphatic rings. The van der Waals surface area contributed by atoms with Crippen LogP contribution in [0.3, 0.4) is 0 Å². The molecule has 2 rings (SSSR count). The van der Waals surface area contributed by atoms with E-state index < -0.39 is 6.04 Å². The Morgan fingerprint density at radius 3 is 2.67 bits per heavy atom. The fraction of sp³-hybridized carbons (Fsp3) is 0.467. The number of para-hydroxylation sites is 1. The van der Waals surface area contributed by atoms with Gasteiger partial charge in [-0.05, 0) is 24.5 Å². The zero-order valence-corrected chi connectivity index (χ0v) is 12.8. The summed E-state index contributed by atoms with van der Waals surface area (Å²) in [6.07, 6.45) is 0.625. The molecule has 0 amide bonds. The maximum Gasteiger partial charge on any atom is 0.328 e. The molecule has 0 aliphatic heterocycles. The predicted octanol–water partition coefficient (Wildman–Crippen LogP) is 2.39. The minimum Gasteiger partial charge on any atom is -0.494 e. The number of nitrogens with zero attached hydrogens (tertiary/aromatic N) is 2. The Kier molecular flexibility index (Phi) is 4.35. The van der Waals surface area contributed by atoms with Gasteiger partial charge >= 0.3 is 5.97 Å². The minimum atomic E-state index is -0.493. The van der Waals surface area contributed by atoms with Crippen LogP contribution >= 0.6 is 0 Å². The summed E-state index contributed by atoms with van der Waals surface area (Å²) in [5.74, 6) is 0.908. The highest BCUT2D eigenvalue weighted by molar-refractivity contribution is 5.87. The molecular formula is C15H21N3O3. The van der Waals surface area contributed by atoms with Crippen molar-refractivity contribution in [2.45, 2.75) is 26.3 Å². The minimum absolute atomic E-state index is 0.283. The van der Waals surface area contributed by atoms with Crippen molar-refractivity contribution < 1.29 is 14.3 Å². The summed E-state index contributed by atoms with van der Waals surface area (Å²) in [6.45, 7) is 4.09. The van der Waals surface area contributed by atoms with Crippen LogP contribution in [0.15, 0.2) is 18.2 Å². The molecule has 6 nitrogen and oxygen atoms in total. The van der Waals surface area contributed by atoms with Crippen LogP contribution in [-0.2, 0) is 9.53 Å². The van der Waals surface area contributed by atoms with Crippen molar-refractivity contribution >= 4 is 23.0 Å². The lowest BCUT2D eigenvalue weighted by Crippen LogP contribution is -2.23. The molecule has 0 saturated heterocycles. The lowest BCUT2D eigenvalue weighted by molar-refractivity contribution is -0.145. The van der Waals surface area contributed by atoms with Crippen LogP contribution in [0.4, 0.5) is 5.95 Å². The fourth-order valence-corrected chi connectivity index (χ4v) is 2.49. The molecule has 0 saturated carbocycles. The van der Waals surface area contributed by atoms with Crippen molar-refractivity contribution in [3.63, 3.8) is 0 Å². The van der Waals surface area contributed by atoms with E-state index in [2.05, 4.69) is 4.98 Å². The molecule has 1 heterocycles. The normalized spacial score (nSPS) is 12.6. The topological polar surface area (TPSA) is 79.4 Å². The van der Waals surface area contributed by atoms with E-state index in [-0.39, 0.29) is 11.9 Å². The van der Waals surface area contributed by atoms with E-state index in [4.69, 9.17) is 15.2 Å². The Morgan fingerprint density at radius 1 is 1.38 bits per heavy atom. The Hall–Kier alpha value is -2.24. The Morgan fingerprint density at radius 2 is 2.10 bits per heavy atom. The van der Waals surface area contributed by atoms with Gasteiger partial charge in [-0.2, -0.15) is 0 Å². The van der Waals surface area contributed by atoms with E-state index in [0.717, 1.165) is 5.52 Å². The molecule has 1 aromatic heterocycles. The van der Waals surface area contributed by atoms with Crippen molar-refractivity contribution in [2.24, 2.45) is 5.92 Å². The molecule has 0 radical (unpaired) electrons. The van der Waals surface area contributed by atoms with Crippen molar-refractivity contribution in [1.29, 1.82) is 0 Å². The third kappa shape index (κ3) is 2.79. The Bertz CT molecular complexity index is 649. The van der Waals surface area contributed by atoms with E-state index >= 15 is 0 Å². The second-order valence-electron chi connectivity index (χ2n) is 5.34. The van der Waals surface area contributed by atoms with Gasteiger partial charge in [0.25, 0.3) is 0 Å². The van der Waals surface area contributed by atoms with Crippen molar-refractivity contribution in [1.82, 2.24) is 9.55 Å². The number of esters is 1. The van der Waals surface area contributed by atoms with Gasteiger partial charge in [0, 0.05) is 0 Å². The Labute approximate surface area is 123 Å². The number of ether oxygens (including phenoxy) is 2. The highest BCUT2D eigenvalue weighted by atomic mass is 16.5. The van der Waals surface area contributed by atoms with Crippen LogP contribution in [0.25, 0.3) is 11.0 Å². The lowest BCUT2D eigenvalue weighted by atomic mass is 10.0. The molecular weight excluding hydrogens is 270 g/mol. The third-order valence-electron chi connectivity index (χ3n) is 3.41. The molecule has 114 valence electrons. The van der Waals surface area contributed by atoms with Crippen molar-refractivity contribution in [3.8, 4) is 5.75 Å². The summed E-state index contributed by atoms with van der Waals surface area (Å²) >= 11 is 0. The van der Waals surface area contributed by atoms with Gasteiger partial charge in [0.2, 0.25) is 5.95 Å². The first kappa shape index (κ1) is 15.2. The maximum atomic E-state index is 12.1. The van der Waals surface area contributed by atoms with E-state index in [1.807, 2.05) is 32.0 Å². The summed E-state index contributed by atoms with van der Waals surface area (Å²) in [4.78, 5) is 16.5. The summed E-state index contributed by atoms with van der Waals surface area (Å²) in [7, 11) is 2.96. The second-order valence-corrected chi connectivity index (χ2v) is 5.34. The number of aromatic nitrogens is 2. The SMILES string of the molecule is COC(=O)C(CC(C)C)n1c(N)nc2c(OC)cccc21.